The highest BCUT2D eigenvalue weighted by Gasteiger charge is 2.26. The van der Waals surface area contributed by atoms with Gasteiger partial charge in [-0.2, -0.15) is 0 Å². The fourth-order valence-electron chi connectivity index (χ4n) is 10.7. The molecule has 3 nitrogen and oxygen atoms in total. The van der Waals surface area contributed by atoms with E-state index in [0.717, 1.165) is 55.8 Å². The first kappa shape index (κ1) is 38.6. The number of thiophene rings is 1. The van der Waals surface area contributed by atoms with Crippen molar-refractivity contribution in [1.82, 2.24) is 4.57 Å². The van der Waals surface area contributed by atoms with Crippen molar-refractivity contribution in [3.05, 3.63) is 243 Å². The van der Waals surface area contributed by atoms with Crippen molar-refractivity contribution in [2.24, 2.45) is 0 Å². The van der Waals surface area contributed by atoms with Gasteiger partial charge in [0, 0.05) is 69.7 Å². The number of hydrogen-bond acceptors (Lipinski definition) is 3. The largest absolute Gasteiger partial charge is 0.455 e. The number of anilines is 3. The zero-order valence-corrected chi connectivity index (χ0v) is 37.6. The molecule has 0 N–H and O–H groups in total. The van der Waals surface area contributed by atoms with Gasteiger partial charge in [-0.05, 0) is 82.6 Å². The van der Waals surface area contributed by atoms with Crippen LogP contribution in [0.25, 0.3) is 114 Å². The quantitative estimate of drug-likeness (QED) is 0.159. The zero-order chi connectivity index (χ0) is 44.7. The predicted molar refractivity (Wildman–Crippen MR) is 289 cm³/mol. The molecule has 4 heteroatoms. The minimum absolute atomic E-state index is 0.885. The lowest BCUT2D eigenvalue weighted by Crippen LogP contribution is -2.12. The SMILES string of the molecule is c1ccc(N(c2ccc(-c3ccc4ccccc4c3)cc2)c2ccc(-c3ccccc3-n3c4ccccc4c4ccccc43)c3sc4ccccc4c23)c(-c2cccc3c2oc2ccccc23)c1. The molecule has 0 radical (unpaired) electrons. The Morgan fingerprint density at radius 1 is 0.382 bits per heavy atom. The second kappa shape index (κ2) is 15.5. The van der Waals surface area contributed by atoms with E-state index in [2.05, 4.69) is 246 Å². The lowest BCUT2D eigenvalue weighted by molar-refractivity contribution is 0.670. The molecular formula is C64H40N2OS. The van der Waals surface area contributed by atoms with Crippen molar-refractivity contribution in [3.63, 3.8) is 0 Å². The van der Waals surface area contributed by atoms with Crippen LogP contribution in [0.3, 0.4) is 0 Å². The van der Waals surface area contributed by atoms with Crippen molar-refractivity contribution < 1.29 is 4.42 Å². The third kappa shape index (κ3) is 5.98. The molecule has 14 aromatic rings. The third-order valence-corrected chi connectivity index (χ3v) is 15.0. The molecule has 0 saturated heterocycles. The van der Waals surface area contributed by atoms with Gasteiger partial charge >= 0.3 is 0 Å². The number of aromatic nitrogens is 1. The van der Waals surface area contributed by atoms with Gasteiger partial charge in [-0.15, -0.1) is 11.3 Å². The number of nitrogens with zero attached hydrogens (tertiary/aromatic N) is 2. The van der Waals surface area contributed by atoms with Gasteiger partial charge in [0.15, 0.2) is 0 Å². The Kier molecular flexibility index (Phi) is 8.76. The molecular weight excluding hydrogens is 845 g/mol. The van der Waals surface area contributed by atoms with E-state index in [4.69, 9.17) is 4.42 Å². The Morgan fingerprint density at radius 3 is 1.82 bits per heavy atom. The van der Waals surface area contributed by atoms with Crippen LogP contribution in [0.5, 0.6) is 0 Å². The summed E-state index contributed by atoms with van der Waals surface area (Å²) in [6, 6.07) is 88.2. The second-order valence-electron chi connectivity index (χ2n) is 17.6. The van der Waals surface area contributed by atoms with Crippen LogP contribution in [0, 0.1) is 0 Å². The Balaban J connectivity index is 1.02. The molecule has 0 aliphatic rings. The van der Waals surface area contributed by atoms with Gasteiger partial charge in [0.05, 0.1) is 28.1 Å². The number of fused-ring (bicyclic) bond motifs is 10. The molecule has 0 aliphatic heterocycles. The van der Waals surface area contributed by atoms with Gasteiger partial charge in [-0.3, -0.25) is 0 Å². The van der Waals surface area contributed by atoms with Crippen molar-refractivity contribution >= 4 is 103 Å². The molecule has 0 aliphatic carbocycles. The van der Waals surface area contributed by atoms with Crippen LogP contribution in [0.4, 0.5) is 17.1 Å². The molecule has 0 saturated carbocycles. The highest BCUT2D eigenvalue weighted by atomic mass is 32.1. The fourth-order valence-corrected chi connectivity index (χ4v) is 12.0. The van der Waals surface area contributed by atoms with Crippen LogP contribution in [-0.2, 0) is 0 Å². The third-order valence-electron chi connectivity index (χ3n) is 13.8. The number of para-hydroxylation sites is 6. The molecule has 0 unspecified atom stereocenters. The van der Waals surface area contributed by atoms with Gasteiger partial charge in [-0.25, -0.2) is 0 Å². The van der Waals surface area contributed by atoms with Crippen LogP contribution in [0.15, 0.2) is 247 Å². The number of hydrogen-bond donors (Lipinski definition) is 0. The molecule has 68 heavy (non-hydrogen) atoms. The van der Waals surface area contributed by atoms with Gasteiger partial charge in [0.1, 0.15) is 11.2 Å². The van der Waals surface area contributed by atoms with E-state index in [1.807, 2.05) is 17.4 Å². The molecule has 11 aromatic carbocycles. The Bertz CT molecular complexity index is 4230. The summed E-state index contributed by atoms with van der Waals surface area (Å²) in [5.74, 6) is 0. The Hall–Kier alpha value is -8.70. The summed E-state index contributed by atoms with van der Waals surface area (Å²) >= 11 is 1.87. The van der Waals surface area contributed by atoms with Crippen LogP contribution in [0.2, 0.25) is 0 Å². The maximum absolute atomic E-state index is 6.74. The summed E-state index contributed by atoms with van der Waals surface area (Å²) in [4.78, 5) is 2.48. The summed E-state index contributed by atoms with van der Waals surface area (Å²) in [7, 11) is 0. The summed E-state index contributed by atoms with van der Waals surface area (Å²) in [6.07, 6.45) is 0. The average molecular weight is 885 g/mol. The van der Waals surface area contributed by atoms with Crippen molar-refractivity contribution in [2.75, 3.05) is 4.90 Å². The molecule has 3 aromatic heterocycles. The maximum atomic E-state index is 6.74. The smallest absolute Gasteiger partial charge is 0.143 e. The van der Waals surface area contributed by atoms with Gasteiger partial charge in [0.2, 0.25) is 0 Å². The van der Waals surface area contributed by atoms with E-state index in [9.17, 15) is 0 Å². The molecule has 3 heterocycles. The molecule has 0 amide bonds. The molecule has 14 rings (SSSR count). The van der Waals surface area contributed by atoms with Gasteiger partial charge in [0.25, 0.3) is 0 Å². The lowest BCUT2D eigenvalue weighted by Gasteiger charge is -2.29. The molecule has 0 spiro atoms. The van der Waals surface area contributed by atoms with E-state index in [1.54, 1.807) is 0 Å². The van der Waals surface area contributed by atoms with E-state index in [1.165, 1.54) is 75.0 Å². The monoisotopic (exact) mass is 884 g/mol. The lowest BCUT2D eigenvalue weighted by atomic mass is 9.96. The van der Waals surface area contributed by atoms with E-state index in [0.29, 0.717) is 0 Å². The molecule has 0 fully saturated rings. The maximum Gasteiger partial charge on any atom is 0.143 e. The summed E-state index contributed by atoms with van der Waals surface area (Å²) in [5.41, 5.74) is 15.4. The Morgan fingerprint density at radius 2 is 1.00 bits per heavy atom. The molecule has 0 atom stereocenters. The van der Waals surface area contributed by atoms with E-state index in [-0.39, 0.29) is 0 Å². The number of benzene rings is 11. The van der Waals surface area contributed by atoms with Crippen LogP contribution >= 0.6 is 11.3 Å². The zero-order valence-electron chi connectivity index (χ0n) is 36.8. The van der Waals surface area contributed by atoms with E-state index >= 15 is 0 Å². The molecule has 318 valence electrons. The van der Waals surface area contributed by atoms with Crippen LogP contribution < -0.4 is 4.90 Å². The van der Waals surface area contributed by atoms with Crippen molar-refractivity contribution in [2.45, 2.75) is 0 Å². The van der Waals surface area contributed by atoms with Crippen molar-refractivity contribution in [3.8, 4) is 39.1 Å². The highest BCUT2D eigenvalue weighted by Crippen LogP contribution is 2.52. The fraction of sp³-hybridized carbons (Fsp3) is 0. The predicted octanol–water partition coefficient (Wildman–Crippen LogP) is 18.7. The highest BCUT2D eigenvalue weighted by molar-refractivity contribution is 7.26. The van der Waals surface area contributed by atoms with Crippen LogP contribution in [0.1, 0.15) is 0 Å². The minimum Gasteiger partial charge on any atom is -0.455 e. The average Bonchev–Trinajstić information content (AvgIpc) is 4.10. The normalized spacial score (nSPS) is 11.8. The standard InChI is InChI=1S/C64H40N2OS/c1-2-17-43-40-44(33-32-41(43)16-1)42-34-36-45(37-35-42)65(55-26-9-5-20-48(55)51-24-15-25-52-50-22-7-13-30-60(50)67-63(51)52)59-39-38-53(64-62(59)54-23-8-14-31-61(54)68-64)49-21-6-12-29-58(49)66-56-27-10-3-18-46(56)47-19-4-11-28-57(47)66/h1-40H. The topological polar surface area (TPSA) is 21.3 Å². The summed E-state index contributed by atoms with van der Waals surface area (Å²) in [5, 5.41) is 9.64. The first-order chi connectivity index (χ1) is 33.7. The Labute approximate surface area is 396 Å². The minimum atomic E-state index is 0.885. The second-order valence-corrected chi connectivity index (χ2v) is 18.6. The molecule has 0 bridgehead atoms. The van der Waals surface area contributed by atoms with Crippen LogP contribution in [-0.4, -0.2) is 4.57 Å². The van der Waals surface area contributed by atoms with Crippen molar-refractivity contribution in [1.29, 1.82) is 0 Å². The first-order valence-electron chi connectivity index (χ1n) is 23.2. The van der Waals surface area contributed by atoms with Gasteiger partial charge in [-0.1, -0.05) is 182 Å². The summed E-state index contributed by atoms with van der Waals surface area (Å²) in [6.45, 7) is 0. The number of furan rings is 1. The van der Waals surface area contributed by atoms with E-state index < -0.39 is 0 Å². The first-order valence-corrected chi connectivity index (χ1v) is 24.0. The summed E-state index contributed by atoms with van der Waals surface area (Å²) < 4.78 is 11.7. The number of rotatable bonds is 7. The van der Waals surface area contributed by atoms with Gasteiger partial charge < -0.3 is 13.9 Å².